The Hall–Kier alpha value is -1.60. The van der Waals surface area contributed by atoms with Crippen molar-refractivity contribution in [1.82, 2.24) is 0 Å². The lowest BCUT2D eigenvalue weighted by molar-refractivity contribution is -0.117. The lowest BCUT2D eigenvalue weighted by Crippen LogP contribution is -2.32. The summed E-state index contributed by atoms with van der Waals surface area (Å²) >= 11 is 0. The maximum absolute atomic E-state index is 11.9. The molecular weight excluding hydrogens is 268 g/mol. The number of nitrogens with two attached hydrogens (primary N) is 1. The van der Waals surface area contributed by atoms with Crippen LogP contribution >= 0.6 is 0 Å². The minimum atomic E-state index is -3.70. The highest BCUT2D eigenvalue weighted by atomic mass is 32.2. The van der Waals surface area contributed by atoms with Gasteiger partial charge in [-0.2, -0.15) is 0 Å². The number of nitrogens with zero attached hydrogens (tertiary/aromatic N) is 1. The third kappa shape index (κ3) is 2.57. The molecule has 1 heterocycles. The first-order valence-electron chi connectivity index (χ1n) is 5.80. The van der Waals surface area contributed by atoms with Gasteiger partial charge in [0.05, 0.1) is 12.8 Å². The van der Waals surface area contributed by atoms with E-state index in [1.54, 1.807) is 25.3 Å². The zero-order chi connectivity index (χ0) is 14.2. The van der Waals surface area contributed by atoms with Gasteiger partial charge >= 0.3 is 0 Å². The summed E-state index contributed by atoms with van der Waals surface area (Å²) < 4.78 is 27.9. The number of hydrogen-bond donors (Lipinski definition) is 1. The first-order valence-corrected chi connectivity index (χ1v) is 7.41. The summed E-state index contributed by atoms with van der Waals surface area (Å²) in [4.78, 5) is 13.4. The molecule has 1 aliphatic rings. The average molecular weight is 284 g/mol. The Morgan fingerprint density at radius 1 is 1.42 bits per heavy atom. The van der Waals surface area contributed by atoms with Gasteiger partial charge in [-0.05, 0) is 19.1 Å². The second-order valence-corrected chi connectivity index (χ2v) is 6.37. The lowest BCUT2D eigenvalue weighted by atomic mass is 10.1. The number of hydrogen-bond acceptors (Lipinski definition) is 4. The van der Waals surface area contributed by atoms with Crippen molar-refractivity contribution in [2.75, 3.05) is 18.6 Å². The molecule has 1 aliphatic heterocycles. The van der Waals surface area contributed by atoms with Crippen molar-refractivity contribution in [3.8, 4) is 5.75 Å². The highest BCUT2D eigenvalue weighted by Crippen LogP contribution is 2.31. The van der Waals surface area contributed by atoms with Crippen molar-refractivity contribution < 1.29 is 17.9 Å². The molecule has 0 aliphatic carbocycles. The Labute approximate surface area is 112 Å². The van der Waals surface area contributed by atoms with Crippen LogP contribution in [-0.2, 0) is 14.8 Å². The van der Waals surface area contributed by atoms with Gasteiger partial charge in [0.1, 0.15) is 11.0 Å². The second kappa shape index (κ2) is 4.82. The minimum Gasteiger partial charge on any atom is -0.496 e. The smallest absolute Gasteiger partial charge is 0.228 e. The first-order chi connectivity index (χ1) is 8.84. The van der Waals surface area contributed by atoms with E-state index in [2.05, 4.69) is 0 Å². The summed E-state index contributed by atoms with van der Waals surface area (Å²) in [6, 6.07) is 5.32. The topological polar surface area (TPSA) is 89.7 Å². The molecule has 0 radical (unpaired) electrons. The number of anilines is 1. The molecule has 1 aromatic carbocycles. The summed E-state index contributed by atoms with van der Waals surface area (Å²) in [6.07, 6.45) is -0.0739. The fraction of sp³-hybridized carbons (Fsp3) is 0.417. The number of amides is 1. The van der Waals surface area contributed by atoms with Crippen LogP contribution in [0.25, 0.3) is 0 Å². The molecule has 0 bridgehead atoms. The van der Waals surface area contributed by atoms with Gasteiger partial charge in [-0.3, -0.25) is 4.79 Å². The lowest BCUT2D eigenvalue weighted by Gasteiger charge is -2.20. The normalized spacial score (nSPS) is 19.8. The Balaban J connectivity index is 2.36. The summed E-state index contributed by atoms with van der Waals surface area (Å²) in [6.45, 7) is 1.91. The van der Waals surface area contributed by atoms with Crippen LogP contribution in [0.5, 0.6) is 5.75 Å². The first kappa shape index (κ1) is 13.8. The molecule has 1 atom stereocenters. The Morgan fingerprint density at radius 2 is 2.11 bits per heavy atom. The fourth-order valence-corrected chi connectivity index (χ4v) is 2.98. The van der Waals surface area contributed by atoms with Crippen LogP contribution in [0.1, 0.15) is 12.0 Å². The number of methoxy groups -OCH3 is 1. The van der Waals surface area contributed by atoms with E-state index in [-0.39, 0.29) is 18.9 Å². The van der Waals surface area contributed by atoms with E-state index >= 15 is 0 Å². The Kier molecular flexibility index (Phi) is 3.51. The van der Waals surface area contributed by atoms with Gasteiger partial charge in [-0.25, -0.2) is 13.6 Å². The predicted molar refractivity (Wildman–Crippen MR) is 71.6 cm³/mol. The van der Waals surface area contributed by atoms with Gasteiger partial charge in [0.15, 0.2) is 0 Å². The van der Waals surface area contributed by atoms with Crippen molar-refractivity contribution in [2.24, 2.45) is 5.14 Å². The molecule has 1 unspecified atom stereocenters. The summed E-state index contributed by atoms with van der Waals surface area (Å²) in [5, 5.41) is 4.26. The van der Waals surface area contributed by atoms with Crippen molar-refractivity contribution in [2.45, 2.75) is 18.6 Å². The molecule has 19 heavy (non-hydrogen) atoms. The third-order valence-electron chi connectivity index (χ3n) is 3.32. The van der Waals surface area contributed by atoms with Crippen molar-refractivity contribution >= 4 is 21.6 Å². The zero-order valence-electron chi connectivity index (χ0n) is 10.8. The molecule has 0 saturated carbocycles. The van der Waals surface area contributed by atoms with Gasteiger partial charge < -0.3 is 9.64 Å². The van der Waals surface area contributed by atoms with Crippen LogP contribution < -0.4 is 14.8 Å². The van der Waals surface area contributed by atoms with E-state index < -0.39 is 15.3 Å². The summed E-state index contributed by atoms with van der Waals surface area (Å²) in [5.74, 6) is 0.416. The predicted octanol–water partition coefficient (Wildman–Crippen LogP) is 0.397. The van der Waals surface area contributed by atoms with Crippen molar-refractivity contribution in [3.05, 3.63) is 23.8 Å². The van der Waals surface area contributed by atoms with Crippen LogP contribution in [0.3, 0.4) is 0 Å². The van der Waals surface area contributed by atoms with Gasteiger partial charge in [0.2, 0.25) is 15.9 Å². The number of ether oxygens (including phenoxy) is 1. The number of carbonyl (C=O) groups is 1. The van der Waals surface area contributed by atoms with E-state index in [0.29, 0.717) is 11.4 Å². The van der Waals surface area contributed by atoms with Crippen LogP contribution in [0.15, 0.2) is 18.2 Å². The van der Waals surface area contributed by atoms with Crippen molar-refractivity contribution in [1.29, 1.82) is 0 Å². The van der Waals surface area contributed by atoms with E-state index in [1.807, 2.05) is 6.92 Å². The molecular formula is C12H16N2O4S. The standard InChI is InChI=1S/C12H16N2O4S/c1-8-10(4-3-5-11(8)18-2)14-7-9(6-12(14)15)19(13,16)17/h3-5,9H,6-7H2,1-2H3,(H2,13,16,17). The SMILES string of the molecule is COc1cccc(N2CC(S(N)(=O)=O)CC2=O)c1C. The molecule has 2 rings (SSSR count). The molecule has 1 aromatic rings. The van der Waals surface area contributed by atoms with Gasteiger partial charge in [0.25, 0.3) is 0 Å². The van der Waals surface area contributed by atoms with Crippen LogP contribution in [0.2, 0.25) is 0 Å². The zero-order valence-corrected chi connectivity index (χ0v) is 11.6. The maximum Gasteiger partial charge on any atom is 0.228 e. The number of rotatable bonds is 3. The maximum atomic E-state index is 11.9. The van der Waals surface area contributed by atoms with Gasteiger partial charge in [-0.1, -0.05) is 6.07 Å². The fourth-order valence-electron chi connectivity index (χ4n) is 2.24. The second-order valence-electron chi connectivity index (χ2n) is 4.52. The number of primary sulfonamides is 1. The Bertz CT molecular complexity index is 612. The number of sulfonamides is 1. The Morgan fingerprint density at radius 3 is 2.63 bits per heavy atom. The van der Waals surface area contributed by atoms with Crippen LogP contribution in [0, 0.1) is 6.92 Å². The summed E-state index contributed by atoms with van der Waals surface area (Å²) in [5.41, 5.74) is 1.46. The molecule has 0 aromatic heterocycles. The van der Waals surface area contributed by atoms with E-state index in [4.69, 9.17) is 9.88 Å². The molecule has 1 saturated heterocycles. The highest BCUT2D eigenvalue weighted by Gasteiger charge is 2.37. The molecule has 7 heteroatoms. The number of carbonyl (C=O) groups excluding carboxylic acids is 1. The molecule has 6 nitrogen and oxygen atoms in total. The van der Waals surface area contributed by atoms with Gasteiger partial charge in [0, 0.05) is 18.5 Å². The van der Waals surface area contributed by atoms with Crippen LogP contribution in [-0.4, -0.2) is 33.2 Å². The molecule has 104 valence electrons. The average Bonchev–Trinajstić information content (AvgIpc) is 2.71. The monoisotopic (exact) mass is 284 g/mol. The molecule has 1 amide bonds. The highest BCUT2D eigenvalue weighted by molar-refractivity contribution is 7.89. The largest absolute Gasteiger partial charge is 0.496 e. The molecule has 1 fully saturated rings. The molecule has 0 spiro atoms. The van der Waals surface area contributed by atoms with E-state index in [9.17, 15) is 13.2 Å². The van der Waals surface area contributed by atoms with Crippen LogP contribution in [0.4, 0.5) is 5.69 Å². The van der Waals surface area contributed by atoms with E-state index in [1.165, 1.54) is 4.90 Å². The van der Waals surface area contributed by atoms with Crippen molar-refractivity contribution in [3.63, 3.8) is 0 Å². The van der Waals surface area contributed by atoms with Gasteiger partial charge in [-0.15, -0.1) is 0 Å². The molecule has 2 N–H and O–H groups in total. The van der Waals surface area contributed by atoms with E-state index in [0.717, 1.165) is 5.56 Å². The third-order valence-corrected chi connectivity index (χ3v) is 4.57. The summed E-state index contributed by atoms with van der Waals surface area (Å²) in [7, 11) is -2.15. The minimum absolute atomic E-state index is 0.0739. The quantitative estimate of drug-likeness (QED) is 0.869. The number of benzene rings is 1.